The molecule has 2 rings (SSSR count). The normalized spacial score (nSPS) is 11.7. The second-order valence-electron chi connectivity index (χ2n) is 4.33. The first-order chi connectivity index (χ1) is 8.76. The highest BCUT2D eigenvalue weighted by Crippen LogP contribution is 2.35. The van der Waals surface area contributed by atoms with Gasteiger partial charge in [-0.2, -0.15) is 0 Å². The van der Waals surface area contributed by atoms with Crippen molar-refractivity contribution in [1.82, 2.24) is 5.16 Å². The van der Waals surface area contributed by atoms with Crippen LogP contribution in [0.1, 0.15) is 19.4 Å². The number of nitrogens with zero attached hydrogens (tertiary/aromatic N) is 4. The minimum atomic E-state index is -1.69. The number of aromatic nitrogens is 2. The van der Waals surface area contributed by atoms with Gasteiger partial charge in [0.25, 0.3) is 0 Å². The van der Waals surface area contributed by atoms with E-state index >= 15 is 0 Å². The molecule has 100 valence electrons. The van der Waals surface area contributed by atoms with Gasteiger partial charge in [0.1, 0.15) is 5.56 Å². The highest BCUT2D eigenvalue weighted by atomic mass is 16.8. The van der Waals surface area contributed by atoms with Crippen LogP contribution in [-0.4, -0.2) is 15.0 Å². The molecule has 19 heavy (non-hydrogen) atoms. The Morgan fingerprint density at radius 2 is 1.95 bits per heavy atom. The Labute approximate surface area is 105 Å². The molecule has 0 aliphatic heterocycles. The van der Waals surface area contributed by atoms with Gasteiger partial charge in [-0.25, -0.2) is 0 Å². The number of hydrogen-bond acceptors (Lipinski definition) is 7. The fourth-order valence-electron chi connectivity index (χ4n) is 1.71. The van der Waals surface area contributed by atoms with E-state index < -0.39 is 21.1 Å². The molecular weight excluding hydrogens is 260 g/mol. The molecule has 0 radical (unpaired) electrons. The van der Waals surface area contributed by atoms with Gasteiger partial charge in [0.15, 0.2) is 0 Å². The van der Waals surface area contributed by atoms with Crippen LogP contribution in [0, 0.1) is 25.4 Å². The van der Waals surface area contributed by atoms with Crippen LogP contribution >= 0.6 is 0 Å². The zero-order chi connectivity index (χ0) is 14.4. The van der Waals surface area contributed by atoms with Crippen molar-refractivity contribution in [3.8, 4) is 0 Å². The maximum absolute atomic E-state index is 11.2. The molecule has 0 unspecified atom stereocenters. The number of fused-ring (bicyclic) bond motifs is 1. The molecule has 1 aromatic heterocycles. The van der Waals surface area contributed by atoms with Crippen LogP contribution < -0.4 is 4.90 Å². The lowest BCUT2D eigenvalue weighted by atomic mass is 9.93. The van der Waals surface area contributed by atoms with Crippen LogP contribution in [0.3, 0.4) is 0 Å². The molecule has 0 aliphatic carbocycles. The maximum atomic E-state index is 11.2. The predicted octanol–water partition coefficient (Wildman–Crippen LogP) is 0.881. The Morgan fingerprint density at radius 3 is 2.47 bits per heavy atom. The number of rotatable bonds is 3. The van der Waals surface area contributed by atoms with Gasteiger partial charge in [0.05, 0.1) is 10.1 Å². The first kappa shape index (κ1) is 12.7. The molecule has 0 bridgehead atoms. The second-order valence-corrected chi connectivity index (χ2v) is 4.33. The fourth-order valence-corrected chi connectivity index (χ4v) is 1.71. The van der Waals surface area contributed by atoms with E-state index in [9.17, 15) is 25.4 Å². The monoisotopic (exact) mass is 268 g/mol. The average molecular weight is 268 g/mol. The Morgan fingerprint density at radius 1 is 1.32 bits per heavy atom. The Kier molecular flexibility index (Phi) is 2.58. The number of benzene rings is 1. The van der Waals surface area contributed by atoms with Gasteiger partial charge in [-0.3, -0.25) is 24.9 Å². The van der Waals surface area contributed by atoms with Crippen LogP contribution in [-0.2, 0) is 5.54 Å². The van der Waals surface area contributed by atoms with Crippen molar-refractivity contribution < 1.29 is 19.4 Å². The summed E-state index contributed by atoms with van der Waals surface area (Å²) in [6.45, 7) is 2.46. The Hall–Kier alpha value is -2.78. The second kappa shape index (κ2) is 3.86. The van der Waals surface area contributed by atoms with Crippen LogP contribution in [0.25, 0.3) is 11.0 Å². The molecule has 10 heteroatoms. The van der Waals surface area contributed by atoms with Crippen molar-refractivity contribution in [2.24, 2.45) is 0 Å². The highest BCUT2D eigenvalue weighted by Gasteiger charge is 2.43. The smallest absolute Gasteiger partial charge is 0.337 e. The minimum absolute atomic E-state index is 0.00523. The highest BCUT2D eigenvalue weighted by molar-refractivity contribution is 5.83. The molecule has 0 amide bonds. The Bertz CT molecular complexity index is 691. The third kappa shape index (κ3) is 1.73. The molecular formula is C9H8N4O6. The summed E-state index contributed by atoms with van der Waals surface area (Å²) in [5.41, 5.74) is -2.91. The summed E-state index contributed by atoms with van der Waals surface area (Å²) in [5.74, 6) is 0. The Balaban J connectivity index is 2.86. The molecule has 2 aromatic rings. The van der Waals surface area contributed by atoms with E-state index in [1.54, 1.807) is 0 Å². The standard InChI is InChI=1S/C9H8N4O6/c1-9(2,13(17)18)5-3-4-6-7(8(5)11(14)15)10-19-12(6)16/h3-4H,1-2H3. The van der Waals surface area contributed by atoms with E-state index in [-0.39, 0.29) is 21.5 Å². The molecule has 10 nitrogen and oxygen atoms in total. The third-order valence-corrected chi connectivity index (χ3v) is 2.83. The van der Waals surface area contributed by atoms with E-state index in [2.05, 4.69) is 9.79 Å². The van der Waals surface area contributed by atoms with E-state index in [1.807, 2.05) is 0 Å². The number of nitro groups is 2. The van der Waals surface area contributed by atoms with Crippen LogP contribution in [0.5, 0.6) is 0 Å². The lowest BCUT2D eigenvalue weighted by Gasteiger charge is -2.14. The third-order valence-electron chi connectivity index (χ3n) is 2.83. The first-order valence-corrected chi connectivity index (χ1v) is 5.08. The maximum Gasteiger partial charge on any atom is 0.337 e. The molecule has 0 spiro atoms. The van der Waals surface area contributed by atoms with Gasteiger partial charge < -0.3 is 5.21 Å². The molecule has 1 aromatic carbocycles. The summed E-state index contributed by atoms with van der Waals surface area (Å²) >= 11 is 0. The van der Waals surface area contributed by atoms with E-state index in [1.165, 1.54) is 19.9 Å². The number of hydrogen-bond donors (Lipinski definition) is 0. The summed E-state index contributed by atoms with van der Waals surface area (Å²) in [5, 5.41) is 36.6. The van der Waals surface area contributed by atoms with E-state index in [0.29, 0.717) is 0 Å². The zero-order valence-corrected chi connectivity index (χ0v) is 9.89. The molecule has 0 saturated heterocycles. The van der Waals surface area contributed by atoms with Crippen molar-refractivity contribution in [3.63, 3.8) is 0 Å². The fraction of sp³-hybridized carbons (Fsp3) is 0.333. The molecule has 0 aliphatic rings. The molecule has 0 atom stereocenters. The van der Waals surface area contributed by atoms with Crippen molar-refractivity contribution in [2.45, 2.75) is 19.4 Å². The summed E-state index contributed by atoms with van der Waals surface area (Å²) in [6, 6.07) is 2.36. The van der Waals surface area contributed by atoms with Crippen molar-refractivity contribution in [3.05, 3.63) is 43.1 Å². The lowest BCUT2D eigenvalue weighted by Crippen LogP contribution is -2.29. The average Bonchev–Trinajstić information content (AvgIpc) is 2.69. The van der Waals surface area contributed by atoms with Gasteiger partial charge in [-0.1, -0.05) is 0 Å². The largest absolute Gasteiger partial charge is 0.359 e. The van der Waals surface area contributed by atoms with Crippen molar-refractivity contribution >= 4 is 16.7 Å². The molecule has 1 heterocycles. The molecule has 0 N–H and O–H groups in total. The van der Waals surface area contributed by atoms with Gasteiger partial charge >= 0.3 is 11.2 Å². The van der Waals surface area contributed by atoms with Gasteiger partial charge in [-0.15, -0.1) is 0 Å². The van der Waals surface area contributed by atoms with E-state index in [0.717, 1.165) is 6.07 Å². The SMILES string of the molecule is CC(C)(c1ccc2c(no[n+]2[O-])c1[N+](=O)[O-])[N+](=O)[O-]. The van der Waals surface area contributed by atoms with Gasteiger partial charge in [0.2, 0.25) is 11.1 Å². The quantitative estimate of drug-likeness (QED) is 0.457. The summed E-state index contributed by atoms with van der Waals surface area (Å²) in [7, 11) is 0. The van der Waals surface area contributed by atoms with Crippen LogP contribution in [0.15, 0.2) is 16.8 Å². The van der Waals surface area contributed by atoms with Crippen LogP contribution in [0.2, 0.25) is 0 Å². The molecule has 0 saturated carbocycles. The van der Waals surface area contributed by atoms with E-state index in [4.69, 9.17) is 0 Å². The first-order valence-electron chi connectivity index (χ1n) is 5.08. The topological polar surface area (TPSA) is 139 Å². The van der Waals surface area contributed by atoms with Gasteiger partial charge in [-0.05, 0) is 17.0 Å². The zero-order valence-electron chi connectivity index (χ0n) is 9.89. The summed E-state index contributed by atoms with van der Waals surface area (Å²) in [4.78, 5) is 20.7. The van der Waals surface area contributed by atoms with Gasteiger partial charge in [0, 0.05) is 18.8 Å². The van der Waals surface area contributed by atoms with Crippen LogP contribution in [0.4, 0.5) is 5.69 Å². The van der Waals surface area contributed by atoms with Crippen molar-refractivity contribution in [1.29, 1.82) is 0 Å². The van der Waals surface area contributed by atoms with Crippen molar-refractivity contribution in [2.75, 3.05) is 0 Å². The lowest BCUT2D eigenvalue weighted by molar-refractivity contribution is -0.782. The summed E-state index contributed by atoms with van der Waals surface area (Å²) in [6.07, 6.45) is 0. The molecule has 0 fully saturated rings. The number of nitro benzene ring substituents is 1. The predicted molar refractivity (Wildman–Crippen MR) is 59.6 cm³/mol. The summed E-state index contributed by atoms with van der Waals surface area (Å²) < 4.78 is 4.27. The minimum Gasteiger partial charge on any atom is -0.359 e.